The molecule has 4 heteroatoms. The van der Waals surface area contributed by atoms with Crippen molar-refractivity contribution in [1.29, 1.82) is 0 Å². The van der Waals surface area contributed by atoms with Gasteiger partial charge in [-0.15, -0.1) is 22.7 Å². The minimum atomic E-state index is -0.0162. The molecule has 0 aliphatic carbocycles. The maximum Gasteiger partial charge on any atom is 0.0803 e. The predicted octanol–water partition coefficient (Wildman–Crippen LogP) is 15.1. The van der Waals surface area contributed by atoms with Gasteiger partial charge in [0.15, 0.2) is 0 Å². The lowest BCUT2D eigenvalue weighted by molar-refractivity contribution is 0.591. The Bertz CT molecular complexity index is 2940. The number of unbranched alkanes of at least 4 members (excludes halogenated alkanes) is 1. The third kappa shape index (κ3) is 5.31. The second-order valence-electron chi connectivity index (χ2n) is 18.2. The third-order valence-electron chi connectivity index (χ3n) is 11.2. The van der Waals surface area contributed by atoms with Crippen LogP contribution >= 0.6 is 22.7 Å². The van der Waals surface area contributed by atoms with Gasteiger partial charge in [0.1, 0.15) is 0 Å². The zero-order chi connectivity index (χ0) is 36.5. The van der Waals surface area contributed by atoms with Crippen LogP contribution in [0.4, 0.5) is 0 Å². The lowest BCUT2D eigenvalue weighted by Crippen LogP contribution is -2.11. The second-order valence-corrected chi connectivity index (χ2v) is 20.4. The highest BCUT2D eigenvalue weighted by Crippen LogP contribution is 2.44. The molecule has 0 fully saturated rings. The smallest absolute Gasteiger partial charge is 0.0803 e. The molecule has 0 N–H and O–H groups in total. The fourth-order valence-corrected chi connectivity index (χ4v) is 10.0. The molecular formula is C48H48N2S2. The van der Waals surface area contributed by atoms with Gasteiger partial charge in [0.05, 0.1) is 22.1 Å². The van der Waals surface area contributed by atoms with Crippen LogP contribution in [0.5, 0.6) is 0 Å². The Morgan fingerprint density at radius 1 is 0.423 bits per heavy atom. The van der Waals surface area contributed by atoms with Crippen molar-refractivity contribution in [3.63, 3.8) is 0 Å². The minimum absolute atomic E-state index is 0.00812. The Morgan fingerprint density at radius 2 is 0.712 bits per heavy atom. The van der Waals surface area contributed by atoms with Crippen molar-refractivity contribution in [1.82, 2.24) is 9.97 Å². The molecule has 52 heavy (non-hydrogen) atoms. The van der Waals surface area contributed by atoms with Crippen LogP contribution in [-0.4, -0.2) is 9.97 Å². The number of hydrogen-bond donors (Lipinski definition) is 0. The van der Waals surface area contributed by atoms with Gasteiger partial charge in [-0.3, -0.25) is 0 Å². The summed E-state index contributed by atoms with van der Waals surface area (Å²) >= 11 is 3.77. The van der Waals surface area contributed by atoms with E-state index in [1.807, 2.05) is 22.7 Å². The Labute approximate surface area is 314 Å². The molecule has 9 aromatic rings. The number of benzene rings is 4. The van der Waals surface area contributed by atoms with E-state index < -0.39 is 0 Å². The number of hydrogen-bond acceptors (Lipinski definition) is 4. The maximum absolute atomic E-state index is 5.60. The number of fused-ring (bicyclic) bond motifs is 10. The molecule has 0 aliphatic rings. The highest BCUT2D eigenvalue weighted by molar-refractivity contribution is 7.25. The first-order valence-electron chi connectivity index (χ1n) is 19.0. The van der Waals surface area contributed by atoms with Crippen molar-refractivity contribution in [3.8, 4) is 0 Å². The Hall–Kier alpha value is -4.12. The number of aryl methyl sites for hydroxylation is 1. The van der Waals surface area contributed by atoms with E-state index in [0.29, 0.717) is 0 Å². The Balaban J connectivity index is 1.58. The van der Waals surface area contributed by atoms with Crippen molar-refractivity contribution < 1.29 is 0 Å². The van der Waals surface area contributed by atoms with Gasteiger partial charge in [0.2, 0.25) is 0 Å². The van der Waals surface area contributed by atoms with E-state index in [1.54, 1.807) is 0 Å². The lowest BCUT2D eigenvalue weighted by atomic mass is 9.84. The van der Waals surface area contributed by atoms with Crippen LogP contribution in [0.1, 0.15) is 104 Å². The van der Waals surface area contributed by atoms with Crippen LogP contribution in [0.25, 0.3) is 84.0 Å². The zero-order valence-electron chi connectivity index (χ0n) is 32.3. The monoisotopic (exact) mass is 716 g/mol. The van der Waals surface area contributed by atoms with Crippen LogP contribution in [0.15, 0.2) is 72.8 Å². The van der Waals surface area contributed by atoms with E-state index in [9.17, 15) is 0 Å². The number of aromatic nitrogens is 2. The summed E-state index contributed by atoms with van der Waals surface area (Å²) in [7, 11) is 0. The molecular weight excluding hydrogens is 669 g/mol. The molecule has 0 unspecified atom stereocenters. The van der Waals surface area contributed by atoms with Crippen LogP contribution in [-0.2, 0) is 22.7 Å². The topological polar surface area (TPSA) is 25.8 Å². The summed E-state index contributed by atoms with van der Waals surface area (Å²) in [6, 6.07) is 28.8. The summed E-state index contributed by atoms with van der Waals surface area (Å²) in [6.07, 6.45) is 3.42. The molecule has 0 atom stereocenters. The quantitative estimate of drug-likeness (QED) is 0.182. The van der Waals surface area contributed by atoms with E-state index in [1.165, 1.54) is 97.0 Å². The van der Waals surface area contributed by atoms with Gasteiger partial charge in [-0.1, -0.05) is 75.7 Å². The highest BCUT2D eigenvalue weighted by Gasteiger charge is 2.24. The van der Waals surface area contributed by atoms with E-state index in [4.69, 9.17) is 9.97 Å². The summed E-state index contributed by atoms with van der Waals surface area (Å²) in [5.74, 6) is 0. The molecule has 5 heterocycles. The van der Waals surface area contributed by atoms with Crippen molar-refractivity contribution in [2.75, 3.05) is 0 Å². The zero-order valence-corrected chi connectivity index (χ0v) is 33.9. The van der Waals surface area contributed by atoms with E-state index in [-0.39, 0.29) is 16.2 Å². The number of rotatable bonds is 3. The summed E-state index contributed by atoms with van der Waals surface area (Å²) < 4.78 is 5.04. The molecule has 0 spiro atoms. The summed E-state index contributed by atoms with van der Waals surface area (Å²) in [5.41, 5.74) is 9.80. The van der Waals surface area contributed by atoms with Crippen LogP contribution < -0.4 is 0 Å². The highest BCUT2D eigenvalue weighted by atomic mass is 32.1. The van der Waals surface area contributed by atoms with Gasteiger partial charge < -0.3 is 0 Å². The molecule has 262 valence electrons. The Kier molecular flexibility index (Phi) is 7.41. The van der Waals surface area contributed by atoms with E-state index in [2.05, 4.69) is 142 Å². The molecule has 0 amide bonds. The first kappa shape index (κ1) is 33.7. The average molecular weight is 717 g/mol. The summed E-state index contributed by atoms with van der Waals surface area (Å²) in [4.78, 5) is 11.2. The fraction of sp³-hybridized carbons (Fsp3) is 0.333. The standard InChI is InChI=1S/C48H48N2S2/c1-11-12-13-26-18-30-31-20-27(46(2,3)4)23-35-40-16-17-41(52-40)37-25-29(48(8,9)10)22-33-32-21-28(47(5,6)7)24-36(44(32)50-45(33)37)39-15-14-38(51-39)34(19-26)42(30)49-43(31)35/h14-25H,11-13H2,1-10H3. The third-order valence-corrected chi connectivity index (χ3v) is 13.5. The minimum Gasteiger partial charge on any atom is -0.246 e. The maximum atomic E-state index is 5.60. The lowest BCUT2D eigenvalue weighted by Gasteiger charge is -2.20. The van der Waals surface area contributed by atoms with Crippen LogP contribution in [0.3, 0.4) is 0 Å². The van der Waals surface area contributed by atoms with Gasteiger partial charge in [0, 0.05) is 61.9 Å². The summed E-state index contributed by atoms with van der Waals surface area (Å²) in [5, 5.41) is 10.00. The summed E-state index contributed by atoms with van der Waals surface area (Å²) in [6.45, 7) is 23.2. The van der Waals surface area contributed by atoms with Crippen molar-refractivity contribution in [2.24, 2.45) is 0 Å². The van der Waals surface area contributed by atoms with Crippen LogP contribution in [0, 0.1) is 0 Å². The number of thiophene rings is 2. The van der Waals surface area contributed by atoms with Gasteiger partial charge in [0.25, 0.3) is 0 Å². The average Bonchev–Trinajstić information content (AvgIpc) is 3.89. The van der Waals surface area contributed by atoms with Crippen molar-refractivity contribution >= 4 is 107 Å². The van der Waals surface area contributed by atoms with Crippen molar-refractivity contribution in [2.45, 2.75) is 105 Å². The van der Waals surface area contributed by atoms with E-state index >= 15 is 0 Å². The van der Waals surface area contributed by atoms with Gasteiger partial charge in [-0.2, -0.15) is 0 Å². The first-order chi connectivity index (χ1) is 24.6. The molecule has 0 saturated carbocycles. The molecule has 9 rings (SSSR count). The molecule has 0 aliphatic heterocycles. The van der Waals surface area contributed by atoms with Gasteiger partial charge >= 0.3 is 0 Å². The predicted molar refractivity (Wildman–Crippen MR) is 233 cm³/mol. The Morgan fingerprint density at radius 3 is 1.04 bits per heavy atom. The molecule has 2 nitrogen and oxygen atoms in total. The fourth-order valence-electron chi connectivity index (χ4n) is 7.95. The SMILES string of the molecule is CCCCc1cc2c3ccc(s3)c3cc(C(C)(C)C)cc4c5cc(C(C)(C)C)cc(c6ccc(s6)c6cc(C(C)(C)C)cc7c(c1)c2nc67)c5nc34. The molecule has 0 saturated heterocycles. The largest absolute Gasteiger partial charge is 0.246 e. The second kappa shape index (κ2) is 11.4. The van der Waals surface area contributed by atoms with Crippen LogP contribution in [0.2, 0.25) is 0 Å². The molecule has 0 radical (unpaired) electrons. The molecule has 5 aromatic heterocycles. The van der Waals surface area contributed by atoms with Gasteiger partial charge in [-0.25, -0.2) is 9.97 Å². The molecule has 8 bridgehead atoms. The number of nitrogens with zero attached hydrogens (tertiary/aromatic N) is 2. The molecule has 4 aromatic carbocycles. The van der Waals surface area contributed by atoms with Gasteiger partial charge in [-0.05, 0) is 124 Å². The normalized spacial score (nSPS) is 13.4. The van der Waals surface area contributed by atoms with Crippen molar-refractivity contribution in [3.05, 3.63) is 95.1 Å². The first-order valence-corrected chi connectivity index (χ1v) is 20.6. The van der Waals surface area contributed by atoms with E-state index in [0.717, 1.165) is 28.5 Å².